The summed E-state index contributed by atoms with van der Waals surface area (Å²) >= 11 is 5.35. The number of nitrogens with one attached hydrogen (secondary N) is 1. The highest BCUT2D eigenvalue weighted by atomic mass is 32.1. The number of H-pyrrole nitrogens is 1. The first kappa shape index (κ1) is 14.0. The van der Waals surface area contributed by atoms with Crippen LogP contribution in [-0.4, -0.2) is 9.55 Å². The molecule has 2 aromatic rings. The molecule has 0 amide bonds. The van der Waals surface area contributed by atoms with Gasteiger partial charge in [0.25, 0.3) is 0 Å². The average molecular weight is 278 g/mol. The number of rotatable bonds is 2. The fourth-order valence-electron chi connectivity index (χ4n) is 2.29. The minimum atomic E-state index is -0.196. The SMILES string of the molecule is CC(c1ccccc1F)n1c(C(C)(C)C)c[nH]c1=S. The summed E-state index contributed by atoms with van der Waals surface area (Å²) in [6.07, 6.45) is 1.92. The molecular weight excluding hydrogens is 259 g/mol. The van der Waals surface area contributed by atoms with Crippen molar-refractivity contribution in [1.82, 2.24) is 9.55 Å². The van der Waals surface area contributed by atoms with Gasteiger partial charge in [-0.25, -0.2) is 4.39 Å². The smallest absolute Gasteiger partial charge is 0.177 e. The molecule has 0 aliphatic carbocycles. The molecule has 2 nitrogen and oxygen atoms in total. The number of nitrogens with zero attached hydrogens (tertiary/aromatic N) is 1. The zero-order valence-corrected chi connectivity index (χ0v) is 12.5. The van der Waals surface area contributed by atoms with Crippen LogP contribution in [0.25, 0.3) is 0 Å². The number of halogens is 1. The van der Waals surface area contributed by atoms with E-state index in [1.165, 1.54) is 6.07 Å². The van der Waals surface area contributed by atoms with Crippen LogP contribution in [0.5, 0.6) is 0 Å². The van der Waals surface area contributed by atoms with Gasteiger partial charge in [-0.3, -0.25) is 0 Å². The Morgan fingerprint density at radius 2 is 1.89 bits per heavy atom. The van der Waals surface area contributed by atoms with Crippen LogP contribution in [0.15, 0.2) is 30.5 Å². The van der Waals surface area contributed by atoms with Gasteiger partial charge >= 0.3 is 0 Å². The Hall–Kier alpha value is -1.42. The lowest BCUT2D eigenvalue weighted by Crippen LogP contribution is -2.21. The molecule has 0 radical (unpaired) electrons. The first-order valence-corrected chi connectivity index (χ1v) is 6.78. The fraction of sp³-hybridized carbons (Fsp3) is 0.400. The number of benzene rings is 1. The van der Waals surface area contributed by atoms with E-state index in [-0.39, 0.29) is 17.3 Å². The zero-order valence-electron chi connectivity index (χ0n) is 11.7. The van der Waals surface area contributed by atoms with Gasteiger partial charge in [-0.2, -0.15) is 0 Å². The van der Waals surface area contributed by atoms with Crippen molar-refractivity contribution in [1.29, 1.82) is 0 Å². The van der Waals surface area contributed by atoms with E-state index in [1.807, 2.05) is 23.8 Å². The van der Waals surface area contributed by atoms with Gasteiger partial charge < -0.3 is 9.55 Å². The van der Waals surface area contributed by atoms with Gasteiger partial charge in [-0.05, 0) is 25.2 Å². The predicted molar refractivity (Wildman–Crippen MR) is 78.5 cm³/mol. The van der Waals surface area contributed by atoms with E-state index in [9.17, 15) is 4.39 Å². The van der Waals surface area contributed by atoms with Crippen LogP contribution in [0.4, 0.5) is 4.39 Å². The molecule has 0 fully saturated rings. The molecule has 0 bridgehead atoms. The first-order valence-electron chi connectivity index (χ1n) is 6.37. The van der Waals surface area contributed by atoms with Crippen LogP contribution in [0, 0.1) is 10.6 Å². The Labute approximate surface area is 118 Å². The van der Waals surface area contributed by atoms with Crippen molar-refractivity contribution in [2.45, 2.75) is 39.2 Å². The number of aromatic nitrogens is 2. The van der Waals surface area contributed by atoms with E-state index in [1.54, 1.807) is 12.1 Å². The lowest BCUT2D eigenvalue weighted by atomic mass is 9.92. The summed E-state index contributed by atoms with van der Waals surface area (Å²) in [6.45, 7) is 8.33. The highest BCUT2D eigenvalue weighted by molar-refractivity contribution is 7.71. The summed E-state index contributed by atoms with van der Waals surface area (Å²) in [5.74, 6) is -0.196. The van der Waals surface area contributed by atoms with Crippen LogP contribution in [-0.2, 0) is 5.41 Å². The highest BCUT2D eigenvalue weighted by Gasteiger charge is 2.23. The van der Waals surface area contributed by atoms with E-state index >= 15 is 0 Å². The second kappa shape index (κ2) is 4.93. The topological polar surface area (TPSA) is 20.7 Å². The Morgan fingerprint density at radius 1 is 1.26 bits per heavy atom. The van der Waals surface area contributed by atoms with Crippen molar-refractivity contribution < 1.29 is 4.39 Å². The van der Waals surface area contributed by atoms with Crippen LogP contribution < -0.4 is 0 Å². The summed E-state index contributed by atoms with van der Waals surface area (Å²) in [5, 5.41) is 0. The van der Waals surface area contributed by atoms with Gasteiger partial charge in [-0.1, -0.05) is 39.0 Å². The molecule has 0 saturated carbocycles. The van der Waals surface area contributed by atoms with Crippen LogP contribution in [0.1, 0.15) is 45.0 Å². The molecule has 1 heterocycles. The molecule has 4 heteroatoms. The van der Waals surface area contributed by atoms with Gasteiger partial charge in [0, 0.05) is 22.9 Å². The van der Waals surface area contributed by atoms with E-state index in [2.05, 4.69) is 25.8 Å². The van der Waals surface area contributed by atoms with Crippen molar-refractivity contribution >= 4 is 12.2 Å². The third-order valence-corrected chi connectivity index (χ3v) is 3.64. The maximum atomic E-state index is 13.9. The molecule has 19 heavy (non-hydrogen) atoms. The molecule has 1 unspecified atom stereocenters. The summed E-state index contributed by atoms with van der Waals surface area (Å²) in [7, 11) is 0. The third kappa shape index (κ3) is 2.63. The van der Waals surface area contributed by atoms with Gasteiger partial charge in [0.1, 0.15) is 5.82 Å². The molecule has 0 spiro atoms. The second-order valence-corrected chi connectivity index (χ2v) is 6.18. The zero-order chi connectivity index (χ0) is 14.2. The first-order chi connectivity index (χ1) is 8.82. The lowest BCUT2D eigenvalue weighted by molar-refractivity contribution is 0.482. The van der Waals surface area contributed by atoms with Crippen molar-refractivity contribution in [3.05, 3.63) is 52.3 Å². The number of hydrogen-bond donors (Lipinski definition) is 1. The maximum absolute atomic E-state index is 13.9. The number of hydrogen-bond acceptors (Lipinski definition) is 1. The number of aromatic amines is 1. The fourth-order valence-corrected chi connectivity index (χ4v) is 2.61. The van der Waals surface area contributed by atoms with E-state index < -0.39 is 0 Å². The molecular formula is C15H19FN2S. The van der Waals surface area contributed by atoms with Crippen LogP contribution in [0.3, 0.4) is 0 Å². The Balaban J connectivity index is 2.57. The Morgan fingerprint density at radius 3 is 2.47 bits per heavy atom. The minimum Gasteiger partial charge on any atom is -0.337 e. The van der Waals surface area contributed by atoms with Gasteiger partial charge in [0.15, 0.2) is 4.77 Å². The van der Waals surface area contributed by atoms with Gasteiger partial charge in [0.2, 0.25) is 0 Å². The van der Waals surface area contributed by atoms with E-state index in [0.29, 0.717) is 10.3 Å². The molecule has 0 aliphatic heterocycles. The highest BCUT2D eigenvalue weighted by Crippen LogP contribution is 2.29. The van der Waals surface area contributed by atoms with E-state index in [4.69, 9.17) is 12.2 Å². The summed E-state index contributed by atoms with van der Waals surface area (Å²) in [6, 6.07) is 6.71. The molecule has 0 aliphatic rings. The molecule has 1 aromatic heterocycles. The molecule has 1 aromatic carbocycles. The van der Waals surface area contributed by atoms with E-state index in [0.717, 1.165) is 5.69 Å². The third-order valence-electron chi connectivity index (χ3n) is 3.32. The van der Waals surface area contributed by atoms with Gasteiger partial charge in [0.05, 0.1) is 6.04 Å². The normalized spacial score (nSPS) is 13.5. The minimum absolute atomic E-state index is 0.0485. The lowest BCUT2D eigenvalue weighted by Gasteiger charge is -2.25. The number of imidazole rings is 1. The van der Waals surface area contributed by atoms with Crippen molar-refractivity contribution in [3.8, 4) is 0 Å². The average Bonchev–Trinajstić information content (AvgIpc) is 2.70. The van der Waals surface area contributed by atoms with Crippen LogP contribution >= 0.6 is 12.2 Å². The standard InChI is InChI=1S/C15H19FN2S/c1-10(11-7-5-6-8-12(11)16)18-13(15(2,3)4)9-17-14(18)19/h5-10H,1-4H3,(H,17,19). The maximum Gasteiger partial charge on any atom is 0.177 e. The largest absolute Gasteiger partial charge is 0.337 e. The molecule has 1 atom stereocenters. The summed E-state index contributed by atoms with van der Waals surface area (Å²) < 4.78 is 16.6. The second-order valence-electron chi connectivity index (χ2n) is 5.80. The summed E-state index contributed by atoms with van der Waals surface area (Å²) in [5.41, 5.74) is 1.68. The van der Waals surface area contributed by atoms with Crippen LogP contribution in [0.2, 0.25) is 0 Å². The predicted octanol–water partition coefficient (Wildman–Crippen LogP) is 4.59. The van der Waals surface area contributed by atoms with Gasteiger partial charge in [-0.15, -0.1) is 0 Å². The molecule has 102 valence electrons. The molecule has 0 saturated heterocycles. The quantitative estimate of drug-likeness (QED) is 0.797. The van der Waals surface area contributed by atoms with Crippen molar-refractivity contribution in [2.75, 3.05) is 0 Å². The Kier molecular flexibility index (Phi) is 3.63. The van der Waals surface area contributed by atoms with Crippen molar-refractivity contribution in [2.24, 2.45) is 0 Å². The molecule has 2 rings (SSSR count). The van der Waals surface area contributed by atoms with Crippen molar-refractivity contribution in [3.63, 3.8) is 0 Å². The molecule has 1 N–H and O–H groups in total. The Bertz CT molecular complexity index is 634. The summed E-state index contributed by atoms with van der Waals surface area (Å²) in [4.78, 5) is 3.07. The monoisotopic (exact) mass is 278 g/mol.